The Balaban J connectivity index is 0.00000162. The van der Waals surface area contributed by atoms with Crippen LogP contribution in [0.15, 0.2) is 24.3 Å². The molecule has 4 heteroatoms. The summed E-state index contributed by atoms with van der Waals surface area (Å²) in [6, 6.07) is 7.88. The van der Waals surface area contributed by atoms with Gasteiger partial charge in [0, 0.05) is 31.1 Å². The fourth-order valence-electron chi connectivity index (χ4n) is 1.85. The lowest BCUT2D eigenvalue weighted by Gasteiger charge is -2.27. The fourth-order valence-corrected chi connectivity index (χ4v) is 1.85. The summed E-state index contributed by atoms with van der Waals surface area (Å²) in [4.78, 5) is 11.8. The molecule has 0 radical (unpaired) electrons. The second kappa shape index (κ2) is 6.76. The molecule has 1 aromatic rings. The van der Waals surface area contributed by atoms with Gasteiger partial charge in [0.2, 0.25) is 0 Å². The van der Waals surface area contributed by atoms with E-state index < -0.39 is 0 Å². The van der Waals surface area contributed by atoms with Crippen molar-refractivity contribution in [3.63, 3.8) is 0 Å². The molecule has 0 saturated carbocycles. The number of hydrogen-bond donors (Lipinski definition) is 2. The van der Waals surface area contributed by atoms with Gasteiger partial charge in [-0.1, -0.05) is 26.0 Å². The molecule has 1 aliphatic rings. The molecule has 1 heterocycles. The van der Waals surface area contributed by atoms with Crippen LogP contribution in [-0.4, -0.2) is 25.5 Å². The number of benzene rings is 1. The van der Waals surface area contributed by atoms with E-state index in [1.54, 1.807) is 0 Å². The molecule has 0 aliphatic carbocycles. The lowest BCUT2D eigenvalue weighted by atomic mass is 10.0. The highest BCUT2D eigenvalue weighted by molar-refractivity contribution is 5.94. The van der Waals surface area contributed by atoms with E-state index in [1.165, 1.54) is 5.56 Å². The van der Waals surface area contributed by atoms with E-state index in [0.717, 1.165) is 25.2 Å². The molecule has 2 N–H and O–H groups in total. The first-order valence-electron chi connectivity index (χ1n) is 6.25. The highest BCUT2D eigenvalue weighted by atomic mass is 35.5. The van der Waals surface area contributed by atoms with Gasteiger partial charge in [-0.3, -0.25) is 4.79 Å². The Labute approximate surface area is 115 Å². The summed E-state index contributed by atoms with van der Waals surface area (Å²) >= 11 is 0. The van der Waals surface area contributed by atoms with E-state index in [0.29, 0.717) is 11.8 Å². The quantitative estimate of drug-likeness (QED) is 0.879. The van der Waals surface area contributed by atoms with Crippen LogP contribution in [0, 0.1) is 5.92 Å². The Hall–Kier alpha value is -1.06. The normalized spacial score (nSPS) is 14.8. The molecule has 0 unspecified atom stereocenters. The van der Waals surface area contributed by atoms with Crippen LogP contribution in [0.3, 0.4) is 0 Å². The van der Waals surface area contributed by atoms with Gasteiger partial charge in [-0.05, 0) is 23.6 Å². The molecule has 0 bridgehead atoms. The Kier molecular flexibility index (Phi) is 5.63. The number of carbonyl (C=O) groups is 1. The van der Waals surface area contributed by atoms with E-state index in [1.807, 2.05) is 24.3 Å². The van der Waals surface area contributed by atoms with Gasteiger partial charge in [0.05, 0.1) is 0 Å². The first kappa shape index (κ1) is 15.0. The molecular weight excluding hydrogens is 248 g/mol. The van der Waals surface area contributed by atoms with E-state index in [2.05, 4.69) is 24.5 Å². The van der Waals surface area contributed by atoms with E-state index in [9.17, 15) is 4.79 Å². The van der Waals surface area contributed by atoms with Crippen molar-refractivity contribution in [3.05, 3.63) is 35.4 Å². The predicted octanol–water partition coefficient (Wildman–Crippen LogP) is 2.18. The van der Waals surface area contributed by atoms with Gasteiger partial charge >= 0.3 is 0 Å². The van der Waals surface area contributed by atoms with Crippen molar-refractivity contribution in [2.24, 2.45) is 5.92 Å². The molecule has 100 valence electrons. The van der Waals surface area contributed by atoms with Crippen LogP contribution in [0.5, 0.6) is 0 Å². The average Bonchev–Trinajstić information content (AvgIpc) is 2.27. The van der Waals surface area contributed by atoms with Crippen molar-refractivity contribution in [1.29, 1.82) is 0 Å². The van der Waals surface area contributed by atoms with Gasteiger partial charge in [0.15, 0.2) is 0 Å². The number of nitrogens with one attached hydrogen (secondary N) is 2. The molecule has 1 fully saturated rings. The summed E-state index contributed by atoms with van der Waals surface area (Å²) in [5.41, 5.74) is 2.02. The third-order valence-corrected chi connectivity index (χ3v) is 3.26. The van der Waals surface area contributed by atoms with Crippen molar-refractivity contribution >= 4 is 18.3 Å². The lowest BCUT2D eigenvalue weighted by Crippen LogP contribution is -2.48. The molecule has 0 aromatic heterocycles. The van der Waals surface area contributed by atoms with Crippen molar-refractivity contribution in [2.75, 3.05) is 19.6 Å². The van der Waals surface area contributed by atoms with Gasteiger partial charge in [0.1, 0.15) is 0 Å². The summed E-state index contributed by atoms with van der Waals surface area (Å²) in [7, 11) is 0. The van der Waals surface area contributed by atoms with Crippen LogP contribution in [0.25, 0.3) is 0 Å². The second-order valence-electron chi connectivity index (χ2n) is 5.01. The fraction of sp³-hybridized carbons (Fsp3) is 0.500. The molecule has 1 aromatic carbocycles. The third kappa shape index (κ3) is 3.72. The molecule has 1 saturated heterocycles. The topological polar surface area (TPSA) is 41.1 Å². The van der Waals surface area contributed by atoms with Crippen LogP contribution in [0.1, 0.15) is 35.7 Å². The van der Waals surface area contributed by atoms with Crippen molar-refractivity contribution in [3.8, 4) is 0 Å². The highest BCUT2D eigenvalue weighted by Crippen LogP contribution is 2.14. The van der Waals surface area contributed by atoms with Gasteiger partial charge < -0.3 is 10.6 Å². The number of amides is 1. The lowest BCUT2D eigenvalue weighted by molar-refractivity contribution is 0.0942. The second-order valence-corrected chi connectivity index (χ2v) is 5.01. The molecule has 0 spiro atoms. The van der Waals surface area contributed by atoms with Gasteiger partial charge in [-0.2, -0.15) is 0 Å². The van der Waals surface area contributed by atoms with Gasteiger partial charge in [-0.15, -0.1) is 12.4 Å². The average molecular weight is 269 g/mol. The zero-order valence-electron chi connectivity index (χ0n) is 10.9. The van der Waals surface area contributed by atoms with E-state index in [-0.39, 0.29) is 18.3 Å². The Bertz CT molecular complexity index is 385. The number of halogens is 1. The summed E-state index contributed by atoms with van der Waals surface area (Å²) in [6.45, 7) is 7.12. The zero-order chi connectivity index (χ0) is 12.3. The van der Waals surface area contributed by atoms with E-state index in [4.69, 9.17) is 0 Å². The van der Waals surface area contributed by atoms with Crippen LogP contribution in [0.4, 0.5) is 0 Å². The summed E-state index contributed by atoms with van der Waals surface area (Å²) < 4.78 is 0. The Morgan fingerprint density at radius 1 is 1.33 bits per heavy atom. The third-order valence-electron chi connectivity index (χ3n) is 3.26. The van der Waals surface area contributed by atoms with Crippen LogP contribution >= 0.6 is 12.4 Å². The minimum absolute atomic E-state index is 0. The Morgan fingerprint density at radius 2 is 1.94 bits per heavy atom. The molecule has 1 amide bonds. The number of hydrogen-bond acceptors (Lipinski definition) is 2. The summed E-state index contributed by atoms with van der Waals surface area (Å²) in [5, 5.41) is 6.16. The minimum atomic E-state index is 0. The molecule has 18 heavy (non-hydrogen) atoms. The Morgan fingerprint density at radius 3 is 2.39 bits per heavy atom. The zero-order valence-corrected chi connectivity index (χ0v) is 11.7. The minimum Gasteiger partial charge on any atom is -0.352 e. The predicted molar refractivity (Wildman–Crippen MR) is 76.5 cm³/mol. The van der Waals surface area contributed by atoms with Crippen LogP contribution in [0.2, 0.25) is 0 Å². The number of carbonyl (C=O) groups excluding carboxylic acids is 1. The summed E-state index contributed by atoms with van der Waals surface area (Å²) in [5.74, 6) is 1.15. The summed E-state index contributed by atoms with van der Waals surface area (Å²) in [6.07, 6.45) is 0. The maximum absolute atomic E-state index is 11.8. The van der Waals surface area contributed by atoms with Gasteiger partial charge in [0.25, 0.3) is 5.91 Å². The SMILES string of the molecule is CC(C)c1ccc(C(=O)NCC2CNC2)cc1.Cl. The van der Waals surface area contributed by atoms with Crippen molar-refractivity contribution < 1.29 is 4.79 Å². The highest BCUT2D eigenvalue weighted by Gasteiger charge is 2.17. The van der Waals surface area contributed by atoms with Crippen LogP contribution in [-0.2, 0) is 0 Å². The largest absolute Gasteiger partial charge is 0.352 e. The number of rotatable bonds is 4. The van der Waals surface area contributed by atoms with Gasteiger partial charge in [-0.25, -0.2) is 0 Å². The maximum Gasteiger partial charge on any atom is 0.251 e. The first-order valence-corrected chi connectivity index (χ1v) is 6.25. The van der Waals surface area contributed by atoms with E-state index >= 15 is 0 Å². The monoisotopic (exact) mass is 268 g/mol. The van der Waals surface area contributed by atoms with Crippen LogP contribution < -0.4 is 10.6 Å². The molecule has 0 atom stereocenters. The molecular formula is C14H21ClN2O. The van der Waals surface area contributed by atoms with Crippen molar-refractivity contribution in [1.82, 2.24) is 10.6 Å². The van der Waals surface area contributed by atoms with Crippen molar-refractivity contribution in [2.45, 2.75) is 19.8 Å². The first-order chi connectivity index (χ1) is 8.16. The molecule has 3 nitrogen and oxygen atoms in total. The molecule has 1 aliphatic heterocycles. The standard InChI is InChI=1S/C14H20N2O.ClH/c1-10(2)12-3-5-13(6-4-12)14(17)16-9-11-7-15-8-11;/h3-6,10-11,15H,7-9H2,1-2H3,(H,16,17);1H. The smallest absolute Gasteiger partial charge is 0.251 e. The maximum atomic E-state index is 11.8. The molecule has 2 rings (SSSR count).